The second-order valence-corrected chi connectivity index (χ2v) is 9.16. The van der Waals surface area contributed by atoms with Crippen LogP contribution in [-0.2, 0) is 11.3 Å². The second-order valence-electron chi connectivity index (χ2n) is 9.16. The standard InChI is InChI=1S/C26H33N5O/c27-19-22-5-7-23(8-6-22)20-29-15-17-30(18-16-29)21-26(32)28-24-9-11-25(12-10-24)31-13-3-1-2-4-14-31/h5-12H,1-4,13-18,20-21H2,(H,28,32)/p+2. The molecular weight excluding hydrogens is 398 g/mol. The molecule has 0 radical (unpaired) electrons. The molecule has 2 saturated heterocycles. The molecule has 6 nitrogen and oxygen atoms in total. The molecule has 32 heavy (non-hydrogen) atoms. The summed E-state index contributed by atoms with van der Waals surface area (Å²) in [5.41, 5.74) is 4.12. The van der Waals surface area contributed by atoms with Crippen molar-refractivity contribution in [3.8, 4) is 6.07 Å². The van der Waals surface area contributed by atoms with Gasteiger partial charge in [-0.15, -0.1) is 0 Å². The number of nitriles is 1. The van der Waals surface area contributed by atoms with Gasteiger partial charge in [0.1, 0.15) is 32.7 Å². The Bertz CT molecular complexity index is 903. The van der Waals surface area contributed by atoms with Gasteiger partial charge >= 0.3 is 0 Å². The van der Waals surface area contributed by atoms with Crippen molar-refractivity contribution in [2.24, 2.45) is 0 Å². The van der Waals surface area contributed by atoms with E-state index in [2.05, 4.69) is 40.6 Å². The fourth-order valence-corrected chi connectivity index (χ4v) is 4.81. The molecule has 2 aliphatic rings. The molecule has 0 atom stereocenters. The molecule has 0 spiro atoms. The van der Waals surface area contributed by atoms with Crippen molar-refractivity contribution in [1.82, 2.24) is 0 Å². The van der Waals surface area contributed by atoms with E-state index < -0.39 is 0 Å². The van der Waals surface area contributed by atoms with Crippen molar-refractivity contribution in [2.45, 2.75) is 32.2 Å². The van der Waals surface area contributed by atoms with Crippen molar-refractivity contribution in [2.75, 3.05) is 56.0 Å². The largest absolute Gasteiger partial charge is 0.372 e. The van der Waals surface area contributed by atoms with Crippen LogP contribution < -0.4 is 20.0 Å². The first-order valence-corrected chi connectivity index (χ1v) is 12.0. The zero-order valence-electron chi connectivity index (χ0n) is 18.9. The van der Waals surface area contributed by atoms with E-state index in [1.165, 1.54) is 41.8 Å². The first-order valence-electron chi connectivity index (χ1n) is 12.0. The van der Waals surface area contributed by atoms with E-state index in [1.54, 1.807) is 4.90 Å². The molecule has 2 aliphatic heterocycles. The number of piperazine rings is 1. The van der Waals surface area contributed by atoms with Gasteiger partial charge in [0.05, 0.1) is 11.6 Å². The normalized spacial score (nSPS) is 21.4. The average molecular weight is 434 g/mol. The maximum absolute atomic E-state index is 12.6. The molecule has 0 aromatic heterocycles. The molecule has 2 heterocycles. The molecular formula is C26H35N5O+2. The van der Waals surface area contributed by atoms with Gasteiger partial charge in [-0.2, -0.15) is 5.26 Å². The number of amides is 1. The Morgan fingerprint density at radius 2 is 1.50 bits per heavy atom. The number of rotatable bonds is 6. The van der Waals surface area contributed by atoms with Crippen LogP contribution in [0.3, 0.4) is 0 Å². The number of quaternary nitrogens is 2. The number of anilines is 2. The van der Waals surface area contributed by atoms with Gasteiger partial charge in [0.15, 0.2) is 6.54 Å². The van der Waals surface area contributed by atoms with E-state index in [0.29, 0.717) is 12.1 Å². The van der Waals surface area contributed by atoms with Crippen molar-refractivity contribution in [3.63, 3.8) is 0 Å². The predicted octanol–water partition coefficient (Wildman–Crippen LogP) is 0.861. The fourth-order valence-electron chi connectivity index (χ4n) is 4.81. The summed E-state index contributed by atoms with van der Waals surface area (Å²) in [5, 5.41) is 12.0. The van der Waals surface area contributed by atoms with Gasteiger partial charge in [-0.05, 0) is 49.2 Å². The number of carbonyl (C=O) groups is 1. The molecule has 3 N–H and O–H groups in total. The van der Waals surface area contributed by atoms with E-state index in [1.807, 2.05) is 24.3 Å². The third kappa shape index (κ3) is 6.32. The molecule has 2 aromatic rings. The van der Waals surface area contributed by atoms with Gasteiger partial charge in [0.2, 0.25) is 0 Å². The number of benzene rings is 2. The van der Waals surface area contributed by atoms with Crippen LogP contribution in [0.25, 0.3) is 0 Å². The maximum Gasteiger partial charge on any atom is 0.279 e. The molecule has 0 saturated carbocycles. The Kier molecular flexibility index (Phi) is 7.76. The third-order valence-corrected chi connectivity index (χ3v) is 6.73. The lowest BCUT2D eigenvalue weighted by Crippen LogP contribution is -3.28. The monoisotopic (exact) mass is 433 g/mol. The van der Waals surface area contributed by atoms with Crippen LogP contribution in [0.1, 0.15) is 36.8 Å². The van der Waals surface area contributed by atoms with E-state index in [4.69, 9.17) is 5.26 Å². The molecule has 2 fully saturated rings. The lowest BCUT2D eigenvalue weighted by atomic mass is 10.1. The van der Waals surface area contributed by atoms with Crippen LogP contribution in [0.2, 0.25) is 0 Å². The lowest BCUT2D eigenvalue weighted by molar-refractivity contribution is -1.02. The minimum atomic E-state index is 0.0954. The molecule has 2 aromatic carbocycles. The quantitative estimate of drug-likeness (QED) is 0.633. The van der Waals surface area contributed by atoms with Gasteiger partial charge in [0, 0.05) is 30.0 Å². The summed E-state index contributed by atoms with van der Waals surface area (Å²) in [6.07, 6.45) is 5.20. The first-order chi connectivity index (χ1) is 15.7. The van der Waals surface area contributed by atoms with E-state index in [-0.39, 0.29) is 5.91 Å². The molecule has 0 unspecified atom stereocenters. The Morgan fingerprint density at radius 1 is 0.875 bits per heavy atom. The number of hydrogen-bond donors (Lipinski definition) is 3. The number of hydrogen-bond acceptors (Lipinski definition) is 3. The lowest BCUT2D eigenvalue weighted by Gasteiger charge is -2.29. The van der Waals surface area contributed by atoms with Crippen LogP contribution in [0, 0.1) is 11.3 Å². The van der Waals surface area contributed by atoms with E-state index in [0.717, 1.165) is 51.5 Å². The summed E-state index contributed by atoms with van der Waals surface area (Å²) in [7, 11) is 0. The Labute approximate surface area is 191 Å². The van der Waals surface area contributed by atoms with E-state index >= 15 is 0 Å². The van der Waals surface area contributed by atoms with Gasteiger partial charge < -0.3 is 20.0 Å². The summed E-state index contributed by atoms with van der Waals surface area (Å²) in [5.74, 6) is 0.0954. The zero-order chi connectivity index (χ0) is 22.2. The highest BCUT2D eigenvalue weighted by molar-refractivity contribution is 5.91. The highest BCUT2D eigenvalue weighted by atomic mass is 16.2. The van der Waals surface area contributed by atoms with Gasteiger partial charge in [-0.25, -0.2) is 0 Å². The van der Waals surface area contributed by atoms with Crippen molar-refractivity contribution in [1.29, 1.82) is 5.26 Å². The van der Waals surface area contributed by atoms with Crippen LogP contribution >= 0.6 is 0 Å². The summed E-state index contributed by atoms with van der Waals surface area (Å²) in [4.78, 5) is 17.9. The van der Waals surface area contributed by atoms with Crippen molar-refractivity contribution < 1.29 is 14.6 Å². The number of nitrogens with zero attached hydrogens (tertiary/aromatic N) is 2. The van der Waals surface area contributed by atoms with Crippen LogP contribution in [0.5, 0.6) is 0 Å². The predicted molar refractivity (Wildman–Crippen MR) is 127 cm³/mol. The average Bonchev–Trinajstić information content (AvgIpc) is 3.11. The van der Waals surface area contributed by atoms with E-state index in [9.17, 15) is 4.79 Å². The minimum absolute atomic E-state index is 0.0954. The third-order valence-electron chi connectivity index (χ3n) is 6.73. The highest BCUT2D eigenvalue weighted by Crippen LogP contribution is 2.21. The molecule has 0 bridgehead atoms. The smallest absolute Gasteiger partial charge is 0.279 e. The van der Waals surface area contributed by atoms with Gasteiger partial charge in [-0.3, -0.25) is 4.79 Å². The second kappa shape index (κ2) is 11.1. The molecule has 168 valence electrons. The van der Waals surface area contributed by atoms with Gasteiger partial charge in [-0.1, -0.05) is 25.0 Å². The molecule has 4 rings (SSSR count). The fraction of sp³-hybridized carbons (Fsp3) is 0.462. The molecule has 0 aliphatic carbocycles. The topological polar surface area (TPSA) is 65.0 Å². The maximum atomic E-state index is 12.6. The molecule has 1 amide bonds. The Balaban J connectivity index is 1.19. The summed E-state index contributed by atoms with van der Waals surface area (Å²) in [6, 6.07) is 18.4. The van der Waals surface area contributed by atoms with Crippen LogP contribution in [0.15, 0.2) is 48.5 Å². The highest BCUT2D eigenvalue weighted by Gasteiger charge is 2.25. The molecule has 6 heteroatoms. The summed E-state index contributed by atoms with van der Waals surface area (Å²) in [6.45, 7) is 7.91. The zero-order valence-corrected chi connectivity index (χ0v) is 18.9. The van der Waals surface area contributed by atoms with Crippen molar-refractivity contribution in [3.05, 3.63) is 59.7 Å². The van der Waals surface area contributed by atoms with Crippen LogP contribution in [0.4, 0.5) is 11.4 Å². The summed E-state index contributed by atoms with van der Waals surface area (Å²) < 4.78 is 0. The Hall–Kier alpha value is -2.88. The van der Waals surface area contributed by atoms with Gasteiger partial charge in [0.25, 0.3) is 5.91 Å². The number of carbonyl (C=O) groups excluding carboxylic acids is 1. The summed E-state index contributed by atoms with van der Waals surface area (Å²) >= 11 is 0. The minimum Gasteiger partial charge on any atom is -0.372 e. The number of nitrogens with one attached hydrogen (secondary N) is 3. The van der Waals surface area contributed by atoms with Crippen molar-refractivity contribution >= 4 is 17.3 Å². The first kappa shape index (κ1) is 22.3. The SMILES string of the molecule is N#Cc1ccc(C[NH+]2CC[NH+](CC(=O)Nc3ccc(N4CCCCCC4)cc3)CC2)cc1. The van der Waals surface area contributed by atoms with Crippen LogP contribution in [-0.4, -0.2) is 51.7 Å². The Morgan fingerprint density at radius 3 is 2.12 bits per heavy atom.